The van der Waals surface area contributed by atoms with Gasteiger partial charge in [-0.15, -0.1) is 11.3 Å². The maximum atomic E-state index is 12.5. The summed E-state index contributed by atoms with van der Waals surface area (Å²) in [6.45, 7) is 5.55. The lowest BCUT2D eigenvalue weighted by Gasteiger charge is -2.07. The molecule has 0 radical (unpaired) electrons. The highest BCUT2D eigenvalue weighted by Gasteiger charge is 2.23. The molecule has 0 unspecified atom stereocenters. The van der Waals surface area contributed by atoms with E-state index in [1.54, 1.807) is 26.0 Å². The Morgan fingerprint density at radius 3 is 2.73 bits per heavy atom. The van der Waals surface area contributed by atoms with Gasteiger partial charge in [0, 0.05) is 4.88 Å². The summed E-state index contributed by atoms with van der Waals surface area (Å²) in [6.07, 6.45) is 1.37. The van der Waals surface area contributed by atoms with Crippen LogP contribution < -0.4 is 5.32 Å². The number of nitrogens with zero attached hydrogens (tertiary/aromatic N) is 1. The Morgan fingerprint density at radius 2 is 2.12 bits per heavy atom. The summed E-state index contributed by atoms with van der Waals surface area (Å²) in [6, 6.07) is 8.04. The molecule has 134 valence electrons. The highest BCUT2D eigenvalue weighted by atomic mass is 32.1. The molecule has 2 N–H and O–H groups in total. The largest absolute Gasteiger partial charge is 0.508 e. The predicted molar refractivity (Wildman–Crippen MR) is 100 cm³/mol. The Hall–Kier alpha value is -3.11. The van der Waals surface area contributed by atoms with Crippen molar-refractivity contribution in [3.8, 4) is 11.8 Å². The van der Waals surface area contributed by atoms with Crippen LogP contribution in [0.1, 0.15) is 33.3 Å². The van der Waals surface area contributed by atoms with Gasteiger partial charge in [-0.3, -0.25) is 4.79 Å². The molecule has 2 aromatic rings. The molecule has 0 aliphatic carbocycles. The average molecular weight is 370 g/mol. The van der Waals surface area contributed by atoms with Crippen molar-refractivity contribution < 1.29 is 19.4 Å². The molecular weight excluding hydrogens is 352 g/mol. The zero-order valence-corrected chi connectivity index (χ0v) is 15.4. The van der Waals surface area contributed by atoms with Crippen molar-refractivity contribution in [2.75, 3.05) is 11.9 Å². The van der Waals surface area contributed by atoms with E-state index < -0.39 is 11.9 Å². The third-order valence-electron chi connectivity index (χ3n) is 3.64. The van der Waals surface area contributed by atoms with Gasteiger partial charge in [0.25, 0.3) is 5.91 Å². The number of aromatic hydroxyl groups is 1. The molecule has 0 spiro atoms. The zero-order chi connectivity index (χ0) is 19.3. The van der Waals surface area contributed by atoms with Crippen LogP contribution in [0.4, 0.5) is 5.00 Å². The first kappa shape index (κ1) is 19.2. The zero-order valence-electron chi connectivity index (χ0n) is 14.6. The molecule has 1 aromatic heterocycles. The predicted octanol–water partition coefficient (Wildman–Crippen LogP) is 3.79. The lowest BCUT2D eigenvalue weighted by atomic mass is 10.1. The summed E-state index contributed by atoms with van der Waals surface area (Å²) >= 11 is 1.25. The van der Waals surface area contributed by atoms with E-state index in [1.807, 2.05) is 13.0 Å². The van der Waals surface area contributed by atoms with Gasteiger partial charge in [0.05, 0.1) is 12.2 Å². The van der Waals surface area contributed by atoms with E-state index in [0.29, 0.717) is 16.1 Å². The van der Waals surface area contributed by atoms with E-state index in [-0.39, 0.29) is 17.9 Å². The van der Waals surface area contributed by atoms with E-state index in [1.165, 1.54) is 29.5 Å². The van der Waals surface area contributed by atoms with Gasteiger partial charge in [0.1, 0.15) is 22.4 Å². The molecule has 0 saturated carbocycles. The number of nitriles is 1. The summed E-state index contributed by atoms with van der Waals surface area (Å²) in [4.78, 5) is 25.5. The minimum atomic E-state index is -0.636. The van der Waals surface area contributed by atoms with Crippen molar-refractivity contribution in [1.29, 1.82) is 5.26 Å². The van der Waals surface area contributed by atoms with Crippen LogP contribution in [0.2, 0.25) is 0 Å². The van der Waals surface area contributed by atoms with E-state index in [4.69, 9.17) is 4.74 Å². The number of benzene rings is 1. The number of amides is 1. The van der Waals surface area contributed by atoms with Crippen LogP contribution in [0, 0.1) is 25.2 Å². The van der Waals surface area contributed by atoms with Gasteiger partial charge in [0.15, 0.2) is 0 Å². The van der Waals surface area contributed by atoms with Crippen molar-refractivity contribution in [2.24, 2.45) is 0 Å². The number of hydrogen-bond donors (Lipinski definition) is 2. The first-order chi connectivity index (χ1) is 12.4. The lowest BCUT2D eigenvalue weighted by Crippen LogP contribution is -2.16. The molecule has 1 aromatic carbocycles. The number of ether oxygens (including phenoxy) is 1. The minimum Gasteiger partial charge on any atom is -0.508 e. The molecule has 0 aliphatic rings. The highest BCUT2D eigenvalue weighted by Crippen LogP contribution is 2.33. The first-order valence-corrected chi connectivity index (χ1v) is 8.68. The SMILES string of the molecule is CCOC(=O)c1c(NC(=O)/C(C#N)=C/c2cccc(O)c2)sc(C)c1C. The third kappa shape index (κ3) is 4.29. The van der Waals surface area contributed by atoms with Gasteiger partial charge >= 0.3 is 5.97 Å². The van der Waals surface area contributed by atoms with Crippen LogP contribution in [0.5, 0.6) is 5.75 Å². The molecule has 0 fully saturated rings. The van der Waals surface area contributed by atoms with E-state index in [0.717, 1.165) is 10.4 Å². The molecule has 0 bridgehead atoms. The number of anilines is 1. The van der Waals surface area contributed by atoms with Crippen molar-refractivity contribution in [3.63, 3.8) is 0 Å². The van der Waals surface area contributed by atoms with Crippen LogP contribution in [-0.4, -0.2) is 23.6 Å². The fourth-order valence-corrected chi connectivity index (χ4v) is 3.31. The number of nitrogens with one attached hydrogen (secondary N) is 1. The van der Waals surface area contributed by atoms with Gasteiger partial charge in [-0.2, -0.15) is 5.26 Å². The Balaban J connectivity index is 2.33. The second-order valence-corrected chi connectivity index (χ2v) is 6.65. The van der Waals surface area contributed by atoms with Gasteiger partial charge < -0.3 is 15.2 Å². The number of hydrogen-bond acceptors (Lipinski definition) is 6. The monoisotopic (exact) mass is 370 g/mol. The van der Waals surface area contributed by atoms with E-state index in [9.17, 15) is 20.0 Å². The van der Waals surface area contributed by atoms with Crippen LogP contribution in [-0.2, 0) is 9.53 Å². The second kappa shape index (κ2) is 8.32. The molecule has 7 heteroatoms. The lowest BCUT2D eigenvalue weighted by molar-refractivity contribution is -0.112. The first-order valence-electron chi connectivity index (χ1n) is 7.86. The number of phenolic OH excluding ortho intramolecular Hbond substituents is 1. The standard InChI is InChI=1S/C19H18N2O4S/c1-4-25-19(24)16-11(2)12(3)26-18(16)21-17(23)14(10-20)8-13-6-5-7-15(22)9-13/h5-9,22H,4H2,1-3H3,(H,21,23)/b14-8+. The fourth-order valence-electron chi connectivity index (χ4n) is 2.26. The molecule has 2 rings (SSSR count). The number of rotatable bonds is 5. The topological polar surface area (TPSA) is 99.4 Å². The molecule has 1 amide bonds. The molecule has 0 aliphatic heterocycles. The molecule has 26 heavy (non-hydrogen) atoms. The number of carbonyl (C=O) groups excluding carboxylic acids is 2. The molecular formula is C19H18N2O4S. The highest BCUT2D eigenvalue weighted by molar-refractivity contribution is 7.16. The van der Waals surface area contributed by atoms with Gasteiger partial charge in [0.2, 0.25) is 0 Å². The van der Waals surface area contributed by atoms with Crippen LogP contribution >= 0.6 is 11.3 Å². The Labute approximate surface area is 155 Å². The average Bonchev–Trinajstić information content (AvgIpc) is 2.86. The quantitative estimate of drug-likeness (QED) is 0.474. The van der Waals surface area contributed by atoms with Crippen molar-refractivity contribution >= 4 is 34.3 Å². The second-order valence-electron chi connectivity index (χ2n) is 5.43. The number of phenols is 1. The minimum absolute atomic E-state index is 0.0329. The fraction of sp³-hybridized carbons (Fsp3) is 0.211. The Morgan fingerprint density at radius 1 is 1.38 bits per heavy atom. The summed E-state index contributed by atoms with van der Waals surface area (Å²) in [5.41, 5.74) is 1.41. The molecule has 0 atom stereocenters. The Bertz CT molecular complexity index is 922. The van der Waals surface area contributed by atoms with Crippen LogP contribution in [0.15, 0.2) is 29.8 Å². The molecule has 6 nitrogen and oxygen atoms in total. The Kier molecular flexibility index (Phi) is 6.15. The third-order valence-corrected chi connectivity index (χ3v) is 4.76. The van der Waals surface area contributed by atoms with Crippen molar-refractivity contribution in [3.05, 3.63) is 51.4 Å². The van der Waals surface area contributed by atoms with Gasteiger partial charge in [-0.05, 0) is 50.1 Å². The van der Waals surface area contributed by atoms with Crippen molar-refractivity contribution in [2.45, 2.75) is 20.8 Å². The summed E-state index contributed by atoms with van der Waals surface area (Å²) < 4.78 is 5.05. The van der Waals surface area contributed by atoms with Crippen molar-refractivity contribution in [1.82, 2.24) is 0 Å². The summed E-state index contributed by atoms with van der Waals surface area (Å²) in [5.74, 6) is -1.12. The summed E-state index contributed by atoms with van der Waals surface area (Å²) in [7, 11) is 0. The number of thiophene rings is 1. The van der Waals surface area contributed by atoms with Gasteiger partial charge in [-0.25, -0.2) is 4.79 Å². The van der Waals surface area contributed by atoms with Gasteiger partial charge in [-0.1, -0.05) is 12.1 Å². The van der Waals surface area contributed by atoms with E-state index >= 15 is 0 Å². The smallest absolute Gasteiger partial charge is 0.341 e. The number of carbonyl (C=O) groups is 2. The summed E-state index contributed by atoms with van der Waals surface area (Å²) in [5, 5.41) is 21.8. The maximum absolute atomic E-state index is 12.5. The number of aryl methyl sites for hydroxylation is 1. The molecule has 0 saturated heterocycles. The number of esters is 1. The van der Waals surface area contributed by atoms with E-state index in [2.05, 4.69) is 5.32 Å². The van der Waals surface area contributed by atoms with Crippen LogP contribution in [0.3, 0.4) is 0 Å². The normalized spacial score (nSPS) is 10.9. The molecule has 1 heterocycles. The maximum Gasteiger partial charge on any atom is 0.341 e. The van der Waals surface area contributed by atoms with Crippen LogP contribution in [0.25, 0.3) is 6.08 Å².